The van der Waals surface area contributed by atoms with Crippen LogP contribution < -0.4 is 10.1 Å². The second kappa shape index (κ2) is 5.22. The summed E-state index contributed by atoms with van der Waals surface area (Å²) in [7, 11) is 1.58. The van der Waals surface area contributed by atoms with E-state index in [1.165, 1.54) is 6.20 Å². The molecule has 0 fully saturated rings. The molecule has 0 aliphatic rings. The van der Waals surface area contributed by atoms with Gasteiger partial charge in [0.15, 0.2) is 0 Å². The monoisotopic (exact) mass is 309 g/mol. The van der Waals surface area contributed by atoms with Crippen molar-refractivity contribution in [2.75, 3.05) is 12.4 Å². The fourth-order valence-corrected chi connectivity index (χ4v) is 1.84. The Morgan fingerprint density at radius 3 is 2.89 bits per heavy atom. The number of hydrogen-bond donors (Lipinski definition) is 2. The Hall–Kier alpha value is -1.82. The van der Waals surface area contributed by atoms with Crippen molar-refractivity contribution in [2.45, 2.75) is 6.92 Å². The molecule has 1 aromatic carbocycles. The maximum atomic E-state index is 12.0. The molecule has 0 atom stereocenters. The number of nitrogens with zero attached hydrogens (tertiary/aromatic N) is 1. The maximum absolute atomic E-state index is 12.0. The molecule has 0 radical (unpaired) electrons. The maximum Gasteiger partial charge on any atom is 0.259 e. The minimum Gasteiger partial charge on any atom is -0.497 e. The van der Waals surface area contributed by atoms with Crippen LogP contribution in [0.5, 0.6) is 5.75 Å². The molecule has 1 aromatic heterocycles. The lowest BCUT2D eigenvalue weighted by Crippen LogP contribution is -2.12. The van der Waals surface area contributed by atoms with E-state index in [-0.39, 0.29) is 5.91 Å². The largest absolute Gasteiger partial charge is 0.497 e. The Balaban J connectivity index is 2.24. The van der Waals surface area contributed by atoms with Gasteiger partial charge in [0.1, 0.15) is 5.75 Å². The molecule has 0 saturated carbocycles. The SMILES string of the molecule is COc1ccc(Br)c(NC(=O)c2cn[nH]c2C)c1. The van der Waals surface area contributed by atoms with Gasteiger partial charge in [-0.15, -0.1) is 0 Å². The molecule has 0 spiro atoms. The molecule has 6 heteroatoms. The van der Waals surface area contributed by atoms with Crippen LogP contribution in [0.15, 0.2) is 28.9 Å². The average molecular weight is 310 g/mol. The third-order valence-corrected chi connectivity index (χ3v) is 3.19. The molecule has 2 N–H and O–H groups in total. The number of ether oxygens (including phenoxy) is 1. The lowest BCUT2D eigenvalue weighted by atomic mass is 10.2. The molecule has 0 bridgehead atoms. The van der Waals surface area contributed by atoms with Crippen LogP contribution in [0.1, 0.15) is 16.1 Å². The highest BCUT2D eigenvalue weighted by atomic mass is 79.9. The Bertz CT molecular complexity index is 580. The molecule has 18 heavy (non-hydrogen) atoms. The quantitative estimate of drug-likeness (QED) is 0.916. The van der Waals surface area contributed by atoms with E-state index >= 15 is 0 Å². The van der Waals surface area contributed by atoms with Crippen molar-refractivity contribution in [1.29, 1.82) is 0 Å². The van der Waals surface area contributed by atoms with Gasteiger partial charge in [-0.1, -0.05) is 0 Å². The number of methoxy groups -OCH3 is 1. The minimum atomic E-state index is -0.213. The molecule has 1 amide bonds. The number of aromatic amines is 1. The van der Waals surface area contributed by atoms with E-state index in [4.69, 9.17) is 4.74 Å². The number of H-pyrrole nitrogens is 1. The van der Waals surface area contributed by atoms with Gasteiger partial charge in [-0.2, -0.15) is 5.10 Å². The van der Waals surface area contributed by atoms with Gasteiger partial charge in [-0.3, -0.25) is 9.89 Å². The van der Waals surface area contributed by atoms with Gasteiger partial charge in [0.05, 0.1) is 24.6 Å². The fraction of sp³-hybridized carbons (Fsp3) is 0.167. The standard InChI is InChI=1S/C12H12BrN3O2/c1-7-9(6-14-16-7)12(17)15-11-5-8(18-2)3-4-10(11)13/h3-6H,1-2H3,(H,14,16)(H,15,17). The molecule has 1 heterocycles. The number of hydrogen-bond acceptors (Lipinski definition) is 3. The molecular weight excluding hydrogens is 298 g/mol. The van der Waals surface area contributed by atoms with E-state index in [0.717, 1.165) is 10.2 Å². The molecule has 0 aliphatic carbocycles. The summed E-state index contributed by atoms with van der Waals surface area (Å²) in [5, 5.41) is 9.35. The predicted octanol–water partition coefficient (Wildman–Crippen LogP) is 2.74. The Morgan fingerprint density at radius 1 is 1.50 bits per heavy atom. The molecule has 0 aliphatic heterocycles. The molecule has 0 saturated heterocycles. The van der Waals surface area contributed by atoms with Crippen LogP contribution in [0, 0.1) is 6.92 Å². The van der Waals surface area contributed by atoms with Crippen molar-refractivity contribution < 1.29 is 9.53 Å². The van der Waals surface area contributed by atoms with Gasteiger partial charge in [0, 0.05) is 16.2 Å². The zero-order valence-corrected chi connectivity index (χ0v) is 11.5. The molecule has 0 unspecified atom stereocenters. The van der Waals surface area contributed by atoms with Gasteiger partial charge in [-0.05, 0) is 35.0 Å². The first-order valence-corrected chi connectivity index (χ1v) is 6.06. The summed E-state index contributed by atoms with van der Waals surface area (Å²) < 4.78 is 5.90. The first kappa shape index (κ1) is 12.6. The van der Waals surface area contributed by atoms with Gasteiger partial charge < -0.3 is 10.1 Å². The minimum absolute atomic E-state index is 0.213. The lowest BCUT2D eigenvalue weighted by molar-refractivity contribution is 0.102. The van der Waals surface area contributed by atoms with E-state index < -0.39 is 0 Å². The van der Waals surface area contributed by atoms with Crippen LogP contribution in [-0.2, 0) is 0 Å². The normalized spacial score (nSPS) is 10.2. The van der Waals surface area contributed by atoms with Crippen LogP contribution in [0.3, 0.4) is 0 Å². The third kappa shape index (κ3) is 2.53. The third-order valence-electron chi connectivity index (χ3n) is 2.50. The first-order valence-electron chi connectivity index (χ1n) is 5.26. The summed E-state index contributed by atoms with van der Waals surface area (Å²) >= 11 is 3.38. The average Bonchev–Trinajstić information content (AvgIpc) is 2.78. The lowest BCUT2D eigenvalue weighted by Gasteiger charge is -2.08. The highest BCUT2D eigenvalue weighted by molar-refractivity contribution is 9.10. The molecule has 2 rings (SSSR count). The van der Waals surface area contributed by atoms with E-state index in [2.05, 4.69) is 31.4 Å². The fourth-order valence-electron chi connectivity index (χ4n) is 1.50. The van der Waals surface area contributed by atoms with Gasteiger partial charge >= 0.3 is 0 Å². The summed E-state index contributed by atoms with van der Waals surface area (Å²) in [4.78, 5) is 12.0. The number of aryl methyl sites for hydroxylation is 1. The van der Waals surface area contributed by atoms with Crippen LogP contribution >= 0.6 is 15.9 Å². The Morgan fingerprint density at radius 2 is 2.28 bits per heavy atom. The first-order chi connectivity index (χ1) is 8.61. The molecule has 5 nitrogen and oxygen atoms in total. The number of carbonyl (C=O) groups excluding carboxylic acids is 1. The summed E-state index contributed by atoms with van der Waals surface area (Å²) in [5.41, 5.74) is 1.90. The van der Waals surface area contributed by atoms with Crippen molar-refractivity contribution in [3.63, 3.8) is 0 Å². The number of halogens is 1. The van der Waals surface area contributed by atoms with Gasteiger partial charge in [0.25, 0.3) is 5.91 Å². The summed E-state index contributed by atoms with van der Waals surface area (Å²) in [6, 6.07) is 5.37. The van der Waals surface area contributed by atoms with Crippen molar-refractivity contribution in [2.24, 2.45) is 0 Å². The summed E-state index contributed by atoms with van der Waals surface area (Å²) in [6.07, 6.45) is 1.50. The van der Waals surface area contributed by atoms with Crippen molar-refractivity contribution in [3.05, 3.63) is 40.1 Å². The molecule has 2 aromatic rings. The Kier molecular flexibility index (Phi) is 3.66. The predicted molar refractivity (Wildman–Crippen MR) is 72.0 cm³/mol. The zero-order valence-electron chi connectivity index (χ0n) is 9.95. The highest BCUT2D eigenvalue weighted by Gasteiger charge is 2.12. The van der Waals surface area contributed by atoms with Crippen LogP contribution in [0.4, 0.5) is 5.69 Å². The summed E-state index contributed by atoms with van der Waals surface area (Å²) in [5.74, 6) is 0.465. The Labute approximate surface area is 113 Å². The van der Waals surface area contributed by atoms with Crippen molar-refractivity contribution in [3.8, 4) is 5.75 Å². The zero-order chi connectivity index (χ0) is 13.1. The van der Waals surface area contributed by atoms with Crippen molar-refractivity contribution >= 4 is 27.5 Å². The molecular formula is C12H12BrN3O2. The number of amides is 1. The number of nitrogens with one attached hydrogen (secondary N) is 2. The van der Waals surface area contributed by atoms with Crippen molar-refractivity contribution in [1.82, 2.24) is 10.2 Å². The van der Waals surface area contributed by atoms with E-state index in [0.29, 0.717) is 17.0 Å². The van der Waals surface area contributed by atoms with Crippen LogP contribution in [-0.4, -0.2) is 23.2 Å². The van der Waals surface area contributed by atoms with E-state index in [9.17, 15) is 4.79 Å². The number of rotatable bonds is 3. The highest BCUT2D eigenvalue weighted by Crippen LogP contribution is 2.27. The van der Waals surface area contributed by atoms with E-state index in [1.807, 2.05) is 12.1 Å². The van der Waals surface area contributed by atoms with Crippen LogP contribution in [0.25, 0.3) is 0 Å². The number of carbonyl (C=O) groups is 1. The second-order valence-electron chi connectivity index (χ2n) is 3.71. The van der Waals surface area contributed by atoms with Gasteiger partial charge in [-0.25, -0.2) is 0 Å². The second-order valence-corrected chi connectivity index (χ2v) is 4.56. The topological polar surface area (TPSA) is 67.0 Å². The van der Waals surface area contributed by atoms with Gasteiger partial charge in [0.2, 0.25) is 0 Å². The number of aromatic nitrogens is 2. The van der Waals surface area contributed by atoms with E-state index in [1.54, 1.807) is 20.1 Å². The number of benzene rings is 1. The smallest absolute Gasteiger partial charge is 0.259 e. The summed E-state index contributed by atoms with van der Waals surface area (Å²) in [6.45, 7) is 1.79. The molecule has 94 valence electrons. The van der Waals surface area contributed by atoms with Crippen LogP contribution in [0.2, 0.25) is 0 Å². The number of anilines is 1.